The Bertz CT molecular complexity index is 654. The van der Waals surface area contributed by atoms with E-state index in [-0.39, 0.29) is 17.9 Å². The van der Waals surface area contributed by atoms with Crippen molar-refractivity contribution in [2.75, 3.05) is 6.54 Å². The van der Waals surface area contributed by atoms with E-state index in [9.17, 15) is 18.0 Å². The average molecular weight is 312 g/mol. The number of carbonyl (C=O) groups is 2. The lowest BCUT2D eigenvalue weighted by Crippen LogP contribution is -2.43. The maximum atomic E-state index is 12.5. The quantitative estimate of drug-likeness (QED) is 0.790. The lowest BCUT2D eigenvalue weighted by molar-refractivity contribution is -0.136. The molecule has 1 aromatic rings. The van der Waals surface area contributed by atoms with E-state index in [0.29, 0.717) is 18.4 Å². The maximum absolute atomic E-state index is 12.5. The summed E-state index contributed by atoms with van der Waals surface area (Å²) in [7, 11) is -3.79. The molecule has 1 amide bonds. The smallest absolute Gasteiger partial charge is 0.307 e. The molecule has 1 aliphatic rings. The lowest BCUT2D eigenvalue weighted by Gasteiger charge is -2.21. The van der Waals surface area contributed by atoms with Gasteiger partial charge in [-0.25, -0.2) is 8.42 Å². The average Bonchev–Trinajstić information content (AvgIpc) is 2.88. The van der Waals surface area contributed by atoms with E-state index in [1.807, 2.05) is 0 Å². The van der Waals surface area contributed by atoms with Crippen LogP contribution in [0.1, 0.15) is 18.4 Å². The number of carboxylic acids is 1. The van der Waals surface area contributed by atoms with Gasteiger partial charge in [0.1, 0.15) is 6.04 Å². The summed E-state index contributed by atoms with van der Waals surface area (Å²) in [6.45, 7) is 0.257. The summed E-state index contributed by atoms with van der Waals surface area (Å²) in [4.78, 5) is 21.9. The summed E-state index contributed by atoms with van der Waals surface area (Å²) >= 11 is 0. The highest BCUT2D eigenvalue weighted by molar-refractivity contribution is 7.89. The summed E-state index contributed by atoms with van der Waals surface area (Å²) in [6.07, 6.45) is 0.837. The van der Waals surface area contributed by atoms with Gasteiger partial charge in [0.2, 0.25) is 15.9 Å². The first-order chi connectivity index (χ1) is 9.82. The van der Waals surface area contributed by atoms with Crippen molar-refractivity contribution in [3.8, 4) is 0 Å². The van der Waals surface area contributed by atoms with Gasteiger partial charge in [-0.2, -0.15) is 4.31 Å². The molecule has 1 atom stereocenters. The summed E-state index contributed by atoms with van der Waals surface area (Å²) in [5, 5.41) is 8.69. The molecule has 0 aromatic heterocycles. The van der Waals surface area contributed by atoms with Crippen LogP contribution >= 0.6 is 0 Å². The van der Waals surface area contributed by atoms with E-state index >= 15 is 0 Å². The largest absolute Gasteiger partial charge is 0.481 e. The molecule has 8 heteroatoms. The first kappa shape index (κ1) is 15.5. The maximum Gasteiger partial charge on any atom is 0.307 e. The summed E-state index contributed by atoms with van der Waals surface area (Å²) in [5.74, 6) is -1.64. The van der Waals surface area contributed by atoms with Crippen molar-refractivity contribution >= 4 is 21.9 Å². The molecule has 7 nitrogen and oxygen atoms in total. The molecule has 2 rings (SSSR count). The molecular weight excluding hydrogens is 296 g/mol. The van der Waals surface area contributed by atoms with Crippen LogP contribution in [0.15, 0.2) is 29.2 Å². The topological polar surface area (TPSA) is 118 Å². The molecule has 1 aliphatic heterocycles. The van der Waals surface area contributed by atoms with E-state index in [1.54, 1.807) is 0 Å². The second kappa shape index (κ2) is 5.82. The van der Waals surface area contributed by atoms with Gasteiger partial charge in [0, 0.05) is 6.54 Å². The molecule has 1 aromatic carbocycles. The number of amides is 1. The van der Waals surface area contributed by atoms with Crippen molar-refractivity contribution in [3.63, 3.8) is 0 Å². The van der Waals surface area contributed by atoms with Gasteiger partial charge in [-0.05, 0) is 30.5 Å². The van der Waals surface area contributed by atoms with Crippen molar-refractivity contribution in [1.82, 2.24) is 4.31 Å². The molecule has 3 N–H and O–H groups in total. The monoisotopic (exact) mass is 312 g/mol. The summed E-state index contributed by atoms with van der Waals surface area (Å²) in [5.41, 5.74) is 5.74. The first-order valence-electron chi connectivity index (χ1n) is 6.44. The fourth-order valence-electron chi connectivity index (χ4n) is 2.40. The second-order valence-electron chi connectivity index (χ2n) is 4.89. The van der Waals surface area contributed by atoms with Crippen molar-refractivity contribution in [2.45, 2.75) is 30.2 Å². The van der Waals surface area contributed by atoms with Crippen LogP contribution in [0.25, 0.3) is 0 Å². The highest BCUT2D eigenvalue weighted by Crippen LogP contribution is 2.26. The molecule has 0 aliphatic carbocycles. The normalized spacial score (nSPS) is 19.5. The van der Waals surface area contributed by atoms with Gasteiger partial charge in [0.15, 0.2) is 0 Å². The minimum atomic E-state index is -3.79. The Labute approximate surface area is 122 Å². The fraction of sp³-hybridized carbons (Fsp3) is 0.385. The molecular formula is C13H16N2O5S. The standard InChI is InChI=1S/C13H16N2O5S/c14-13(18)11-2-1-7-15(11)21(19,20)10-5-3-9(4-6-10)8-12(16)17/h3-6,11H,1-2,7-8H2,(H2,14,18)(H,16,17). The van der Waals surface area contributed by atoms with Crippen LogP contribution in [0.5, 0.6) is 0 Å². The van der Waals surface area contributed by atoms with Gasteiger partial charge in [0.25, 0.3) is 0 Å². The van der Waals surface area contributed by atoms with Crippen LogP contribution in [0.4, 0.5) is 0 Å². The van der Waals surface area contributed by atoms with Crippen LogP contribution in [0, 0.1) is 0 Å². The SMILES string of the molecule is NC(=O)C1CCCN1S(=O)(=O)c1ccc(CC(=O)O)cc1. The van der Waals surface area contributed by atoms with Crippen LogP contribution in [0.2, 0.25) is 0 Å². The number of rotatable bonds is 5. The van der Waals surface area contributed by atoms with Gasteiger partial charge >= 0.3 is 5.97 Å². The van der Waals surface area contributed by atoms with Crippen molar-refractivity contribution in [1.29, 1.82) is 0 Å². The number of primary amides is 1. The van der Waals surface area contributed by atoms with Crippen LogP contribution in [0.3, 0.4) is 0 Å². The molecule has 0 spiro atoms. The third-order valence-corrected chi connectivity index (χ3v) is 5.34. The molecule has 1 heterocycles. The van der Waals surface area contributed by atoms with E-state index in [4.69, 9.17) is 10.8 Å². The molecule has 114 valence electrons. The minimum absolute atomic E-state index is 0.0322. The summed E-state index contributed by atoms with van der Waals surface area (Å²) in [6, 6.07) is 4.80. The molecule has 1 fully saturated rings. The van der Waals surface area contributed by atoms with Crippen LogP contribution in [-0.4, -0.2) is 42.3 Å². The predicted molar refractivity (Wildman–Crippen MR) is 73.9 cm³/mol. The van der Waals surface area contributed by atoms with Crippen LogP contribution in [-0.2, 0) is 26.0 Å². The number of carboxylic acid groups (broad SMARTS) is 1. The van der Waals surface area contributed by atoms with Crippen LogP contribution < -0.4 is 5.73 Å². The molecule has 0 saturated carbocycles. The van der Waals surface area contributed by atoms with Crippen molar-refractivity contribution in [3.05, 3.63) is 29.8 Å². The zero-order valence-electron chi connectivity index (χ0n) is 11.2. The van der Waals surface area contributed by atoms with Crippen molar-refractivity contribution in [2.24, 2.45) is 5.73 Å². The third-order valence-electron chi connectivity index (χ3n) is 3.42. The van der Waals surface area contributed by atoms with Gasteiger partial charge in [-0.1, -0.05) is 12.1 Å². The Morgan fingerprint density at radius 1 is 1.29 bits per heavy atom. The zero-order valence-corrected chi connectivity index (χ0v) is 12.0. The molecule has 21 heavy (non-hydrogen) atoms. The number of hydrogen-bond donors (Lipinski definition) is 2. The van der Waals surface area contributed by atoms with Crippen molar-refractivity contribution < 1.29 is 23.1 Å². The van der Waals surface area contributed by atoms with Gasteiger partial charge in [-0.15, -0.1) is 0 Å². The Morgan fingerprint density at radius 3 is 2.43 bits per heavy atom. The third kappa shape index (κ3) is 3.22. The Hall–Kier alpha value is -1.93. The number of nitrogens with zero attached hydrogens (tertiary/aromatic N) is 1. The number of carbonyl (C=O) groups excluding carboxylic acids is 1. The molecule has 1 saturated heterocycles. The van der Waals surface area contributed by atoms with E-state index in [2.05, 4.69) is 0 Å². The van der Waals surface area contributed by atoms with Gasteiger partial charge in [-0.3, -0.25) is 9.59 Å². The highest BCUT2D eigenvalue weighted by Gasteiger charge is 2.38. The van der Waals surface area contributed by atoms with E-state index < -0.39 is 27.9 Å². The van der Waals surface area contributed by atoms with E-state index in [1.165, 1.54) is 24.3 Å². The number of aliphatic carboxylic acids is 1. The van der Waals surface area contributed by atoms with Gasteiger partial charge < -0.3 is 10.8 Å². The molecule has 1 unspecified atom stereocenters. The van der Waals surface area contributed by atoms with E-state index in [0.717, 1.165) is 4.31 Å². The lowest BCUT2D eigenvalue weighted by atomic mass is 10.2. The predicted octanol–water partition coefficient (Wildman–Crippen LogP) is -0.0479. The zero-order chi connectivity index (χ0) is 15.6. The summed E-state index contributed by atoms with van der Waals surface area (Å²) < 4.78 is 26.1. The van der Waals surface area contributed by atoms with Gasteiger partial charge in [0.05, 0.1) is 11.3 Å². The number of hydrogen-bond acceptors (Lipinski definition) is 4. The molecule has 0 bridgehead atoms. The fourth-order valence-corrected chi connectivity index (χ4v) is 4.07. The number of nitrogens with two attached hydrogens (primary N) is 1. The Kier molecular flexibility index (Phi) is 4.29. The minimum Gasteiger partial charge on any atom is -0.481 e. The molecule has 0 radical (unpaired) electrons. The Morgan fingerprint density at radius 2 is 1.90 bits per heavy atom. The highest BCUT2D eigenvalue weighted by atomic mass is 32.2. The number of sulfonamides is 1. The first-order valence-corrected chi connectivity index (χ1v) is 7.88. The second-order valence-corrected chi connectivity index (χ2v) is 6.78. The Balaban J connectivity index is 2.27. The number of benzene rings is 1.